The largest absolute Gasteiger partial charge is 0.460 e. The Morgan fingerprint density at radius 1 is 1.00 bits per heavy atom. The number of hydrogen-bond donors (Lipinski definition) is 0. The SMILES string of the molecule is Cc1ccc(/C=N\N2CCN(c3ccccc3)CC2)o1. The van der Waals surface area contributed by atoms with Crippen molar-refractivity contribution in [2.24, 2.45) is 5.10 Å². The van der Waals surface area contributed by atoms with Gasteiger partial charge in [0.25, 0.3) is 0 Å². The summed E-state index contributed by atoms with van der Waals surface area (Å²) in [5, 5.41) is 6.58. The predicted octanol–water partition coefficient (Wildman–Crippen LogP) is 2.74. The maximum atomic E-state index is 5.48. The number of benzene rings is 1. The van der Waals surface area contributed by atoms with Crippen LogP contribution in [0, 0.1) is 6.92 Å². The molecule has 1 aliphatic rings. The van der Waals surface area contributed by atoms with E-state index in [1.807, 2.05) is 19.1 Å². The van der Waals surface area contributed by atoms with E-state index in [2.05, 4.69) is 45.3 Å². The van der Waals surface area contributed by atoms with Gasteiger partial charge in [0, 0.05) is 18.8 Å². The van der Waals surface area contributed by atoms with Gasteiger partial charge in [-0.15, -0.1) is 0 Å². The van der Waals surface area contributed by atoms with Gasteiger partial charge in [-0.25, -0.2) is 0 Å². The second-order valence-electron chi connectivity index (χ2n) is 4.97. The molecule has 1 aromatic carbocycles. The van der Waals surface area contributed by atoms with Gasteiger partial charge < -0.3 is 9.32 Å². The molecule has 104 valence electrons. The van der Waals surface area contributed by atoms with Crippen LogP contribution in [-0.4, -0.2) is 37.4 Å². The van der Waals surface area contributed by atoms with Crippen molar-refractivity contribution in [3.05, 3.63) is 54.0 Å². The summed E-state index contributed by atoms with van der Waals surface area (Å²) in [5.74, 6) is 1.73. The zero-order chi connectivity index (χ0) is 13.8. The van der Waals surface area contributed by atoms with Crippen molar-refractivity contribution >= 4 is 11.9 Å². The monoisotopic (exact) mass is 269 g/mol. The van der Waals surface area contributed by atoms with E-state index in [1.54, 1.807) is 6.21 Å². The van der Waals surface area contributed by atoms with E-state index in [0.29, 0.717) is 0 Å². The Morgan fingerprint density at radius 2 is 1.75 bits per heavy atom. The number of furan rings is 1. The highest BCUT2D eigenvalue weighted by Crippen LogP contribution is 2.15. The minimum Gasteiger partial charge on any atom is -0.460 e. The average molecular weight is 269 g/mol. The van der Waals surface area contributed by atoms with Gasteiger partial charge in [-0.05, 0) is 31.2 Å². The molecule has 0 N–H and O–H groups in total. The van der Waals surface area contributed by atoms with Crippen LogP contribution in [0.4, 0.5) is 5.69 Å². The maximum absolute atomic E-state index is 5.48. The lowest BCUT2D eigenvalue weighted by atomic mass is 10.2. The summed E-state index contributed by atoms with van der Waals surface area (Å²) >= 11 is 0. The molecule has 1 aliphatic heterocycles. The lowest BCUT2D eigenvalue weighted by Crippen LogP contribution is -2.44. The van der Waals surface area contributed by atoms with Crippen molar-refractivity contribution < 1.29 is 4.42 Å². The summed E-state index contributed by atoms with van der Waals surface area (Å²) in [6.07, 6.45) is 1.80. The fourth-order valence-corrected chi connectivity index (χ4v) is 2.37. The highest BCUT2D eigenvalue weighted by atomic mass is 16.3. The third kappa shape index (κ3) is 3.02. The van der Waals surface area contributed by atoms with Crippen LogP contribution in [0.2, 0.25) is 0 Å². The number of hydrogen-bond acceptors (Lipinski definition) is 4. The first-order chi connectivity index (χ1) is 9.81. The van der Waals surface area contributed by atoms with E-state index in [0.717, 1.165) is 37.7 Å². The standard InChI is InChI=1S/C16H19N3O/c1-14-7-8-16(20-14)13-17-19-11-9-18(10-12-19)15-5-3-2-4-6-15/h2-8,13H,9-12H2,1H3/b17-13-. The molecule has 0 bridgehead atoms. The third-order valence-electron chi connectivity index (χ3n) is 3.49. The lowest BCUT2D eigenvalue weighted by molar-refractivity contribution is 0.271. The van der Waals surface area contributed by atoms with Gasteiger partial charge in [0.05, 0.1) is 19.3 Å². The van der Waals surface area contributed by atoms with Crippen LogP contribution in [0.5, 0.6) is 0 Å². The fraction of sp³-hybridized carbons (Fsp3) is 0.312. The van der Waals surface area contributed by atoms with E-state index in [9.17, 15) is 0 Å². The summed E-state index contributed by atoms with van der Waals surface area (Å²) in [6, 6.07) is 14.4. The zero-order valence-electron chi connectivity index (χ0n) is 11.7. The molecule has 0 unspecified atom stereocenters. The van der Waals surface area contributed by atoms with Crippen molar-refractivity contribution in [2.45, 2.75) is 6.92 Å². The van der Waals surface area contributed by atoms with Crippen LogP contribution < -0.4 is 4.90 Å². The van der Waals surface area contributed by atoms with Crippen LogP contribution in [-0.2, 0) is 0 Å². The molecule has 4 heteroatoms. The Kier molecular flexibility index (Phi) is 3.72. The maximum Gasteiger partial charge on any atom is 0.147 e. The Labute approximate surface area is 119 Å². The molecule has 4 nitrogen and oxygen atoms in total. The molecule has 20 heavy (non-hydrogen) atoms. The molecule has 0 spiro atoms. The van der Waals surface area contributed by atoms with Gasteiger partial charge >= 0.3 is 0 Å². The fourth-order valence-electron chi connectivity index (χ4n) is 2.37. The molecular weight excluding hydrogens is 250 g/mol. The van der Waals surface area contributed by atoms with E-state index in [-0.39, 0.29) is 0 Å². The number of anilines is 1. The second-order valence-corrected chi connectivity index (χ2v) is 4.97. The smallest absolute Gasteiger partial charge is 0.147 e. The molecule has 1 saturated heterocycles. The van der Waals surface area contributed by atoms with Crippen LogP contribution in [0.15, 0.2) is 52.0 Å². The van der Waals surface area contributed by atoms with Crippen LogP contribution in [0.1, 0.15) is 11.5 Å². The van der Waals surface area contributed by atoms with Gasteiger partial charge in [0.2, 0.25) is 0 Å². The first-order valence-corrected chi connectivity index (χ1v) is 6.97. The topological polar surface area (TPSA) is 32.0 Å². The minimum absolute atomic E-state index is 0.813. The molecule has 3 rings (SSSR count). The third-order valence-corrected chi connectivity index (χ3v) is 3.49. The quantitative estimate of drug-likeness (QED) is 0.803. The summed E-state index contributed by atoms with van der Waals surface area (Å²) in [4.78, 5) is 2.39. The molecule has 0 aliphatic carbocycles. The number of aryl methyl sites for hydroxylation is 1. The number of hydrazone groups is 1. The van der Waals surface area contributed by atoms with Gasteiger partial charge in [-0.3, -0.25) is 5.01 Å². The highest BCUT2D eigenvalue weighted by molar-refractivity contribution is 5.75. The molecule has 2 aromatic rings. The van der Waals surface area contributed by atoms with Crippen molar-refractivity contribution in [2.75, 3.05) is 31.1 Å². The number of nitrogens with zero attached hydrogens (tertiary/aromatic N) is 3. The highest BCUT2D eigenvalue weighted by Gasteiger charge is 2.15. The first kappa shape index (κ1) is 12.8. The first-order valence-electron chi connectivity index (χ1n) is 6.97. The van der Waals surface area contributed by atoms with Crippen LogP contribution >= 0.6 is 0 Å². The van der Waals surface area contributed by atoms with Gasteiger partial charge in [-0.2, -0.15) is 5.10 Å². The predicted molar refractivity (Wildman–Crippen MR) is 81.3 cm³/mol. The number of piperazine rings is 1. The summed E-state index contributed by atoms with van der Waals surface area (Å²) < 4.78 is 5.48. The summed E-state index contributed by atoms with van der Waals surface area (Å²) in [5.41, 5.74) is 1.29. The summed E-state index contributed by atoms with van der Waals surface area (Å²) in [6.45, 7) is 5.81. The Morgan fingerprint density at radius 3 is 2.40 bits per heavy atom. The average Bonchev–Trinajstić information content (AvgIpc) is 2.92. The Bertz CT molecular complexity index is 568. The molecule has 1 fully saturated rings. The molecule has 2 heterocycles. The Hall–Kier alpha value is -2.23. The normalized spacial score (nSPS) is 16.1. The van der Waals surface area contributed by atoms with E-state index in [4.69, 9.17) is 4.42 Å². The summed E-state index contributed by atoms with van der Waals surface area (Å²) in [7, 11) is 0. The molecule has 0 saturated carbocycles. The van der Waals surface area contributed by atoms with Crippen molar-refractivity contribution in [1.82, 2.24) is 5.01 Å². The molecule has 0 amide bonds. The van der Waals surface area contributed by atoms with Gasteiger partial charge in [0.15, 0.2) is 0 Å². The van der Waals surface area contributed by atoms with E-state index >= 15 is 0 Å². The van der Waals surface area contributed by atoms with Crippen LogP contribution in [0.25, 0.3) is 0 Å². The van der Waals surface area contributed by atoms with Crippen molar-refractivity contribution in [3.8, 4) is 0 Å². The lowest BCUT2D eigenvalue weighted by Gasteiger charge is -2.34. The van der Waals surface area contributed by atoms with Crippen LogP contribution in [0.3, 0.4) is 0 Å². The minimum atomic E-state index is 0.813. The second kappa shape index (κ2) is 5.82. The molecule has 0 atom stereocenters. The number of para-hydroxylation sites is 1. The van der Waals surface area contributed by atoms with Gasteiger partial charge in [-0.1, -0.05) is 18.2 Å². The number of rotatable bonds is 3. The van der Waals surface area contributed by atoms with E-state index in [1.165, 1.54) is 5.69 Å². The molecule has 1 aromatic heterocycles. The zero-order valence-corrected chi connectivity index (χ0v) is 11.7. The molecular formula is C16H19N3O. The van der Waals surface area contributed by atoms with Crippen molar-refractivity contribution in [3.63, 3.8) is 0 Å². The van der Waals surface area contributed by atoms with Crippen molar-refractivity contribution in [1.29, 1.82) is 0 Å². The Balaban J connectivity index is 1.55. The molecule has 0 radical (unpaired) electrons. The van der Waals surface area contributed by atoms with E-state index < -0.39 is 0 Å². The van der Waals surface area contributed by atoms with Gasteiger partial charge in [0.1, 0.15) is 11.5 Å².